The molecular formula is C15H25N5O. The third-order valence-corrected chi connectivity index (χ3v) is 3.59. The summed E-state index contributed by atoms with van der Waals surface area (Å²) >= 11 is 0. The molecule has 1 aliphatic rings. The van der Waals surface area contributed by atoms with E-state index in [1.54, 1.807) is 6.20 Å². The van der Waals surface area contributed by atoms with Crippen LogP contribution in [-0.2, 0) is 0 Å². The van der Waals surface area contributed by atoms with Crippen LogP contribution in [0.4, 0.5) is 5.82 Å². The lowest BCUT2D eigenvalue weighted by Gasteiger charge is -2.26. The van der Waals surface area contributed by atoms with Crippen LogP contribution in [0.25, 0.3) is 0 Å². The van der Waals surface area contributed by atoms with Crippen LogP contribution in [0, 0.1) is 0 Å². The quantitative estimate of drug-likeness (QED) is 0.797. The molecule has 21 heavy (non-hydrogen) atoms. The van der Waals surface area contributed by atoms with Crippen molar-refractivity contribution in [1.29, 1.82) is 0 Å². The van der Waals surface area contributed by atoms with Gasteiger partial charge in [0.1, 0.15) is 11.5 Å². The third-order valence-electron chi connectivity index (χ3n) is 3.59. The van der Waals surface area contributed by atoms with Crippen LogP contribution in [0.1, 0.15) is 43.1 Å². The number of piperidine rings is 1. The van der Waals surface area contributed by atoms with E-state index in [1.807, 2.05) is 0 Å². The van der Waals surface area contributed by atoms with Crippen molar-refractivity contribution in [3.63, 3.8) is 0 Å². The minimum Gasteiger partial charge on any atom is -0.369 e. The van der Waals surface area contributed by atoms with Crippen molar-refractivity contribution in [2.75, 3.05) is 38.0 Å². The molecule has 6 heteroatoms. The molecule has 1 amide bonds. The number of anilines is 1. The first-order valence-corrected chi connectivity index (χ1v) is 7.86. The predicted octanol–water partition coefficient (Wildman–Crippen LogP) is 1.51. The number of hydrogen-bond donors (Lipinski definition) is 2. The van der Waals surface area contributed by atoms with Gasteiger partial charge in [0.2, 0.25) is 0 Å². The Morgan fingerprint density at radius 3 is 2.81 bits per heavy atom. The zero-order valence-electron chi connectivity index (χ0n) is 12.8. The Bertz CT molecular complexity index is 445. The number of aromatic nitrogens is 2. The third kappa shape index (κ3) is 5.30. The molecule has 1 aromatic heterocycles. The second kappa shape index (κ2) is 8.56. The number of likely N-dealkylation sites (tertiary alicyclic amines) is 1. The van der Waals surface area contributed by atoms with Gasteiger partial charge in [-0.3, -0.25) is 9.78 Å². The van der Waals surface area contributed by atoms with E-state index < -0.39 is 0 Å². The van der Waals surface area contributed by atoms with Gasteiger partial charge in [0.05, 0.1) is 12.4 Å². The molecule has 1 fully saturated rings. The summed E-state index contributed by atoms with van der Waals surface area (Å²) in [5, 5.41) is 6.05. The maximum atomic E-state index is 12.1. The minimum atomic E-state index is -0.153. The monoisotopic (exact) mass is 291 g/mol. The molecule has 6 nitrogen and oxygen atoms in total. The van der Waals surface area contributed by atoms with Gasteiger partial charge in [0.15, 0.2) is 0 Å². The van der Waals surface area contributed by atoms with Gasteiger partial charge in [0.25, 0.3) is 5.91 Å². The number of carbonyl (C=O) groups excluding carboxylic acids is 1. The Morgan fingerprint density at radius 2 is 2.05 bits per heavy atom. The van der Waals surface area contributed by atoms with E-state index in [0.29, 0.717) is 18.1 Å². The number of nitrogens with zero attached hydrogens (tertiary/aromatic N) is 3. The smallest absolute Gasteiger partial charge is 0.271 e. The Morgan fingerprint density at radius 1 is 1.24 bits per heavy atom. The highest BCUT2D eigenvalue weighted by Gasteiger charge is 2.11. The molecular weight excluding hydrogens is 266 g/mol. The van der Waals surface area contributed by atoms with Gasteiger partial charge < -0.3 is 15.5 Å². The number of amides is 1. The van der Waals surface area contributed by atoms with Crippen molar-refractivity contribution in [3.8, 4) is 0 Å². The highest BCUT2D eigenvalue weighted by atomic mass is 16.1. The Labute approximate surface area is 126 Å². The van der Waals surface area contributed by atoms with E-state index in [0.717, 1.165) is 32.6 Å². The fourth-order valence-corrected chi connectivity index (χ4v) is 2.41. The molecule has 1 aromatic rings. The van der Waals surface area contributed by atoms with Crippen LogP contribution < -0.4 is 10.6 Å². The first-order chi connectivity index (χ1) is 10.3. The molecule has 0 atom stereocenters. The first kappa shape index (κ1) is 15.7. The van der Waals surface area contributed by atoms with Gasteiger partial charge >= 0.3 is 0 Å². The van der Waals surface area contributed by atoms with Crippen LogP contribution >= 0.6 is 0 Å². The highest BCUT2D eigenvalue weighted by molar-refractivity contribution is 5.92. The van der Waals surface area contributed by atoms with Gasteiger partial charge in [-0.05, 0) is 32.4 Å². The zero-order valence-corrected chi connectivity index (χ0v) is 12.8. The lowest BCUT2D eigenvalue weighted by atomic mass is 10.1. The van der Waals surface area contributed by atoms with Crippen molar-refractivity contribution in [1.82, 2.24) is 20.2 Å². The maximum absolute atomic E-state index is 12.1. The molecule has 0 aliphatic carbocycles. The Kier molecular flexibility index (Phi) is 6.40. The minimum absolute atomic E-state index is 0.153. The van der Waals surface area contributed by atoms with Gasteiger partial charge in [-0.25, -0.2) is 4.98 Å². The Hall–Kier alpha value is -1.69. The standard InChI is InChI=1S/C15H25N5O/c1-2-6-17-14-12-16-11-13(19-14)15(21)18-7-10-20-8-4-3-5-9-20/h11-12H,2-10H2,1H3,(H,17,19)(H,18,21). The molecule has 0 unspecified atom stereocenters. The van der Waals surface area contributed by atoms with Gasteiger partial charge in [0, 0.05) is 19.6 Å². The van der Waals surface area contributed by atoms with E-state index in [-0.39, 0.29) is 5.91 Å². The summed E-state index contributed by atoms with van der Waals surface area (Å²) < 4.78 is 0. The Balaban J connectivity index is 1.76. The maximum Gasteiger partial charge on any atom is 0.271 e. The predicted molar refractivity (Wildman–Crippen MR) is 83.4 cm³/mol. The molecule has 1 aliphatic heterocycles. The average Bonchev–Trinajstić information content (AvgIpc) is 2.54. The molecule has 2 N–H and O–H groups in total. The van der Waals surface area contributed by atoms with E-state index in [1.165, 1.54) is 25.5 Å². The molecule has 116 valence electrons. The fourth-order valence-electron chi connectivity index (χ4n) is 2.41. The number of nitrogens with one attached hydrogen (secondary N) is 2. The van der Waals surface area contributed by atoms with E-state index in [4.69, 9.17) is 0 Å². The van der Waals surface area contributed by atoms with Crippen molar-refractivity contribution >= 4 is 11.7 Å². The highest BCUT2D eigenvalue weighted by Crippen LogP contribution is 2.07. The van der Waals surface area contributed by atoms with Gasteiger partial charge in [-0.15, -0.1) is 0 Å². The van der Waals surface area contributed by atoms with Gasteiger partial charge in [-0.1, -0.05) is 13.3 Å². The van der Waals surface area contributed by atoms with E-state index in [2.05, 4.69) is 32.4 Å². The lowest BCUT2D eigenvalue weighted by molar-refractivity contribution is 0.0941. The summed E-state index contributed by atoms with van der Waals surface area (Å²) in [6.45, 7) is 6.77. The van der Waals surface area contributed by atoms with Crippen LogP contribution in [0.15, 0.2) is 12.4 Å². The fraction of sp³-hybridized carbons (Fsp3) is 0.667. The van der Waals surface area contributed by atoms with E-state index >= 15 is 0 Å². The van der Waals surface area contributed by atoms with E-state index in [9.17, 15) is 4.79 Å². The second-order valence-electron chi connectivity index (χ2n) is 5.37. The SMILES string of the molecule is CCCNc1cncc(C(=O)NCCN2CCCCC2)n1. The lowest BCUT2D eigenvalue weighted by Crippen LogP contribution is -2.37. The van der Waals surface area contributed by atoms with Crippen molar-refractivity contribution < 1.29 is 4.79 Å². The molecule has 0 aromatic carbocycles. The van der Waals surface area contributed by atoms with Crippen LogP contribution in [-0.4, -0.2) is 53.5 Å². The van der Waals surface area contributed by atoms with Gasteiger partial charge in [-0.2, -0.15) is 0 Å². The number of carbonyl (C=O) groups is 1. The second-order valence-corrected chi connectivity index (χ2v) is 5.37. The number of hydrogen-bond acceptors (Lipinski definition) is 5. The van der Waals surface area contributed by atoms with Crippen LogP contribution in [0.2, 0.25) is 0 Å². The summed E-state index contributed by atoms with van der Waals surface area (Å²) in [5.74, 6) is 0.500. The van der Waals surface area contributed by atoms with Crippen LogP contribution in [0.3, 0.4) is 0 Å². The molecule has 0 bridgehead atoms. The number of rotatable bonds is 7. The average molecular weight is 291 g/mol. The van der Waals surface area contributed by atoms with Crippen molar-refractivity contribution in [2.24, 2.45) is 0 Å². The molecule has 2 heterocycles. The topological polar surface area (TPSA) is 70.2 Å². The summed E-state index contributed by atoms with van der Waals surface area (Å²) in [4.78, 5) is 22.8. The molecule has 0 spiro atoms. The summed E-state index contributed by atoms with van der Waals surface area (Å²) in [5.41, 5.74) is 0.370. The molecule has 2 rings (SSSR count). The van der Waals surface area contributed by atoms with Crippen LogP contribution in [0.5, 0.6) is 0 Å². The molecule has 0 radical (unpaired) electrons. The largest absolute Gasteiger partial charge is 0.369 e. The van der Waals surface area contributed by atoms with Crippen molar-refractivity contribution in [2.45, 2.75) is 32.6 Å². The van der Waals surface area contributed by atoms with Crippen molar-refractivity contribution in [3.05, 3.63) is 18.1 Å². The molecule has 0 saturated carbocycles. The summed E-state index contributed by atoms with van der Waals surface area (Å²) in [6, 6.07) is 0. The normalized spacial score (nSPS) is 15.7. The summed E-state index contributed by atoms with van der Waals surface area (Å²) in [6.07, 6.45) is 8.02. The molecule has 1 saturated heterocycles. The first-order valence-electron chi connectivity index (χ1n) is 7.86. The summed E-state index contributed by atoms with van der Waals surface area (Å²) in [7, 11) is 0. The zero-order chi connectivity index (χ0) is 14.9.